The second-order valence-electron chi connectivity index (χ2n) is 4.66. The Morgan fingerprint density at radius 3 is 2.78 bits per heavy atom. The van der Waals surface area contributed by atoms with Gasteiger partial charge in [-0.2, -0.15) is 0 Å². The number of aryl methyl sites for hydroxylation is 1. The summed E-state index contributed by atoms with van der Waals surface area (Å²) in [5.41, 5.74) is 0. The third-order valence-corrected chi connectivity index (χ3v) is 3.76. The maximum absolute atomic E-state index is 11.6. The van der Waals surface area contributed by atoms with Gasteiger partial charge >= 0.3 is 5.97 Å². The van der Waals surface area contributed by atoms with E-state index in [1.807, 2.05) is 6.20 Å². The number of thiazole rings is 1. The molecule has 0 fully saturated rings. The summed E-state index contributed by atoms with van der Waals surface area (Å²) in [5, 5.41) is 4.38. The van der Waals surface area contributed by atoms with Gasteiger partial charge in [0.05, 0.1) is 12.1 Å². The van der Waals surface area contributed by atoms with Crippen LogP contribution in [-0.4, -0.2) is 24.1 Å². The van der Waals surface area contributed by atoms with E-state index >= 15 is 0 Å². The Bertz CT molecular complexity index is 377. The number of nitrogens with one attached hydrogen (secondary N) is 1. The lowest BCUT2D eigenvalue weighted by Crippen LogP contribution is -2.38. The highest BCUT2D eigenvalue weighted by Gasteiger charge is 2.19. The van der Waals surface area contributed by atoms with E-state index in [4.69, 9.17) is 4.74 Å². The van der Waals surface area contributed by atoms with Crippen molar-refractivity contribution in [2.75, 3.05) is 7.11 Å². The lowest BCUT2D eigenvalue weighted by molar-refractivity contribution is -0.143. The van der Waals surface area contributed by atoms with Crippen molar-refractivity contribution in [3.05, 3.63) is 16.1 Å². The average Bonchev–Trinajstić information content (AvgIpc) is 2.81. The Balaban J connectivity index is 2.52. The van der Waals surface area contributed by atoms with Gasteiger partial charge in [-0.1, -0.05) is 20.8 Å². The minimum atomic E-state index is -0.234. The first-order valence-corrected chi connectivity index (χ1v) is 7.13. The van der Waals surface area contributed by atoms with E-state index in [-0.39, 0.29) is 12.0 Å². The van der Waals surface area contributed by atoms with Crippen molar-refractivity contribution in [3.63, 3.8) is 0 Å². The van der Waals surface area contributed by atoms with Crippen LogP contribution >= 0.6 is 11.3 Å². The van der Waals surface area contributed by atoms with Gasteiger partial charge < -0.3 is 4.74 Å². The lowest BCUT2D eigenvalue weighted by atomic mass is 10.0. The van der Waals surface area contributed by atoms with Gasteiger partial charge in [0.25, 0.3) is 0 Å². The molecule has 0 radical (unpaired) electrons. The van der Waals surface area contributed by atoms with Crippen LogP contribution in [0.25, 0.3) is 0 Å². The molecule has 0 saturated carbocycles. The number of esters is 1. The topological polar surface area (TPSA) is 51.2 Å². The molecule has 0 spiro atoms. The monoisotopic (exact) mass is 270 g/mol. The smallest absolute Gasteiger partial charge is 0.322 e. The molecule has 0 aliphatic carbocycles. The van der Waals surface area contributed by atoms with Gasteiger partial charge in [-0.15, -0.1) is 11.3 Å². The number of hydrogen-bond acceptors (Lipinski definition) is 5. The van der Waals surface area contributed by atoms with E-state index < -0.39 is 0 Å². The maximum Gasteiger partial charge on any atom is 0.322 e. The number of hydrogen-bond donors (Lipinski definition) is 1. The molecule has 5 heteroatoms. The van der Waals surface area contributed by atoms with E-state index in [0.717, 1.165) is 22.7 Å². The summed E-state index contributed by atoms with van der Waals surface area (Å²) < 4.78 is 4.81. The molecular formula is C13H22N2O2S. The molecule has 1 rings (SSSR count). The van der Waals surface area contributed by atoms with Crippen molar-refractivity contribution in [1.82, 2.24) is 10.3 Å². The fraction of sp³-hybridized carbons (Fsp3) is 0.692. The predicted octanol–water partition coefficient (Wildman–Crippen LogP) is 2.38. The number of nitrogens with zero attached hydrogens (tertiary/aromatic N) is 1. The van der Waals surface area contributed by atoms with Crippen molar-refractivity contribution < 1.29 is 9.53 Å². The molecule has 0 saturated heterocycles. The van der Waals surface area contributed by atoms with E-state index in [9.17, 15) is 4.79 Å². The largest absolute Gasteiger partial charge is 0.468 e. The molecule has 0 bridgehead atoms. The highest BCUT2D eigenvalue weighted by molar-refractivity contribution is 7.11. The van der Waals surface area contributed by atoms with Gasteiger partial charge in [0.2, 0.25) is 0 Å². The van der Waals surface area contributed by atoms with Crippen LogP contribution in [0.2, 0.25) is 0 Å². The number of carbonyl (C=O) groups excluding carboxylic acids is 1. The molecule has 1 aromatic heterocycles. The zero-order chi connectivity index (χ0) is 13.5. The van der Waals surface area contributed by atoms with E-state index in [0.29, 0.717) is 12.5 Å². The molecule has 0 aliphatic rings. The van der Waals surface area contributed by atoms with Crippen LogP contribution in [0.5, 0.6) is 0 Å². The third kappa shape index (κ3) is 4.74. The second kappa shape index (κ2) is 7.48. The zero-order valence-corrected chi connectivity index (χ0v) is 12.3. The highest BCUT2D eigenvalue weighted by Crippen LogP contribution is 2.14. The van der Waals surface area contributed by atoms with Crippen LogP contribution in [0.4, 0.5) is 0 Å². The quantitative estimate of drug-likeness (QED) is 0.773. The van der Waals surface area contributed by atoms with Gasteiger partial charge in [0.1, 0.15) is 6.04 Å². The van der Waals surface area contributed by atoms with Crippen LogP contribution in [0.15, 0.2) is 6.20 Å². The third-order valence-electron chi connectivity index (χ3n) is 2.62. The number of carbonyl (C=O) groups is 1. The summed E-state index contributed by atoms with van der Waals surface area (Å²) in [7, 11) is 1.43. The van der Waals surface area contributed by atoms with E-state index in [2.05, 4.69) is 31.1 Å². The predicted molar refractivity (Wildman–Crippen MR) is 73.6 cm³/mol. The fourth-order valence-corrected chi connectivity index (χ4v) is 2.51. The SMILES string of the molecule is CCc1ncc(CNC(CC(C)C)C(=O)OC)s1. The standard InChI is InChI=1S/C13H22N2O2S/c1-5-12-15-8-10(18-12)7-14-11(6-9(2)3)13(16)17-4/h8-9,11,14H,5-7H2,1-4H3. The van der Waals surface area contributed by atoms with Crippen LogP contribution in [0.1, 0.15) is 37.1 Å². The minimum absolute atomic E-state index is 0.191. The summed E-state index contributed by atoms with van der Waals surface area (Å²) in [6.45, 7) is 6.95. The minimum Gasteiger partial charge on any atom is -0.468 e. The molecule has 1 unspecified atom stereocenters. The summed E-state index contributed by atoms with van der Waals surface area (Å²) in [6.07, 6.45) is 3.61. The number of rotatable bonds is 7. The molecule has 0 amide bonds. The molecule has 0 aliphatic heterocycles. The normalized spacial score (nSPS) is 12.7. The first-order valence-electron chi connectivity index (χ1n) is 6.31. The highest BCUT2D eigenvalue weighted by atomic mass is 32.1. The molecular weight excluding hydrogens is 248 g/mol. The summed E-state index contributed by atoms with van der Waals surface area (Å²) >= 11 is 1.69. The van der Waals surface area contributed by atoms with Gasteiger partial charge in [-0.05, 0) is 18.8 Å². The van der Waals surface area contributed by atoms with Crippen LogP contribution in [-0.2, 0) is 22.5 Å². The summed E-state index contributed by atoms with van der Waals surface area (Å²) in [4.78, 5) is 17.1. The number of ether oxygens (including phenoxy) is 1. The molecule has 1 atom stereocenters. The van der Waals surface area contributed by atoms with Gasteiger partial charge in [0.15, 0.2) is 0 Å². The van der Waals surface area contributed by atoms with E-state index in [1.165, 1.54) is 7.11 Å². The number of aromatic nitrogens is 1. The Kier molecular flexibility index (Phi) is 6.29. The number of methoxy groups -OCH3 is 1. The van der Waals surface area contributed by atoms with Crippen molar-refractivity contribution in [2.24, 2.45) is 5.92 Å². The lowest BCUT2D eigenvalue weighted by Gasteiger charge is -2.17. The van der Waals surface area contributed by atoms with Gasteiger partial charge in [-0.25, -0.2) is 4.98 Å². The second-order valence-corrected chi connectivity index (χ2v) is 5.86. The summed E-state index contributed by atoms with van der Waals surface area (Å²) in [5.74, 6) is 0.262. The first-order chi connectivity index (χ1) is 8.56. The van der Waals surface area contributed by atoms with Crippen molar-refractivity contribution >= 4 is 17.3 Å². The Labute approximate surface area is 113 Å². The molecule has 102 valence electrons. The molecule has 0 aromatic carbocycles. The van der Waals surface area contributed by atoms with Crippen molar-refractivity contribution in [2.45, 2.75) is 46.2 Å². The van der Waals surface area contributed by atoms with Crippen LogP contribution < -0.4 is 5.32 Å². The molecule has 4 nitrogen and oxygen atoms in total. The van der Waals surface area contributed by atoms with Crippen molar-refractivity contribution in [3.8, 4) is 0 Å². The maximum atomic E-state index is 11.6. The Morgan fingerprint density at radius 2 is 2.28 bits per heavy atom. The Morgan fingerprint density at radius 1 is 1.56 bits per heavy atom. The molecule has 1 N–H and O–H groups in total. The van der Waals surface area contributed by atoms with Gasteiger partial charge in [-0.3, -0.25) is 10.1 Å². The summed E-state index contributed by atoms with van der Waals surface area (Å²) in [6, 6.07) is -0.234. The van der Waals surface area contributed by atoms with Crippen molar-refractivity contribution in [1.29, 1.82) is 0 Å². The fourth-order valence-electron chi connectivity index (χ4n) is 1.69. The van der Waals surface area contributed by atoms with Crippen LogP contribution in [0.3, 0.4) is 0 Å². The molecule has 1 heterocycles. The van der Waals surface area contributed by atoms with Crippen LogP contribution in [0, 0.1) is 5.92 Å². The molecule has 1 aromatic rings. The Hall–Kier alpha value is -0.940. The zero-order valence-electron chi connectivity index (χ0n) is 11.5. The van der Waals surface area contributed by atoms with Gasteiger partial charge in [0, 0.05) is 17.6 Å². The first kappa shape index (κ1) is 15.1. The molecule has 18 heavy (non-hydrogen) atoms. The van der Waals surface area contributed by atoms with E-state index in [1.54, 1.807) is 11.3 Å². The average molecular weight is 270 g/mol.